The number of fused-ring (bicyclic) bond motifs is 3. The summed E-state index contributed by atoms with van der Waals surface area (Å²) in [6.07, 6.45) is 0. The quantitative estimate of drug-likeness (QED) is 0.613. The van der Waals surface area contributed by atoms with Crippen molar-refractivity contribution >= 4 is 5.69 Å². The maximum absolute atomic E-state index is 13.3. The second-order valence-electron chi connectivity index (χ2n) is 7.72. The largest absolute Gasteiger partial charge is 0.497 e. The average Bonchev–Trinajstić information content (AvgIpc) is 2.82. The van der Waals surface area contributed by atoms with Crippen molar-refractivity contribution in [2.24, 2.45) is 12.0 Å². The van der Waals surface area contributed by atoms with E-state index in [1.165, 1.54) is 0 Å². The molecule has 0 saturated carbocycles. The molecule has 0 spiro atoms. The van der Waals surface area contributed by atoms with E-state index in [-0.39, 0.29) is 11.6 Å². The minimum absolute atomic E-state index is 0.136. The zero-order chi connectivity index (χ0) is 23.0. The van der Waals surface area contributed by atoms with Crippen LogP contribution in [0.5, 0.6) is 23.0 Å². The summed E-state index contributed by atoms with van der Waals surface area (Å²) in [4.78, 5) is 18.0. The van der Waals surface area contributed by atoms with Crippen LogP contribution < -0.4 is 30.1 Å². The van der Waals surface area contributed by atoms with Crippen molar-refractivity contribution in [3.8, 4) is 34.3 Å². The van der Waals surface area contributed by atoms with Crippen molar-refractivity contribution in [2.45, 2.75) is 19.4 Å². The first-order valence-electron chi connectivity index (χ1n) is 10.2. The lowest BCUT2D eigenvalue weighted by Crippen LogP contribution is -2.41. The Labute approximate surface area is 186 Å². The Morgan fingerprint density at radius 3 is 2.09 bits per heavy atom. The van der Waals surface area contributed by atoms with E-state index in [1.807, 2.05) is 18.2 Å². The lowest BCUT2D eigenvalue weighted by Gasteiger charge is -2.28. The molecular weight excluding hydrogens is 410 g/mol. The van der Waals surface area contributed by atoms with Crippen LogP contribution in [0.3, 0.4) is 0 Å². The number of ether oxygens (including phenoxy) is 4. The van der Waals surface area contributed by atoms with Gasteiger partial charge in [-0.3, -0.25) is 9.13 Å². The average molecular weight is 437 g/mol. The van der Waals surface area contributed by atoms with Gasteiger partial charge in [0, 0.05) is 49.3 Å². The van der Waals surface area contributed by atoms with Crippen LogP contribution in [0.4, 0.5) is 5.69 Å². The molecule has 8 nitrogen and oxygen atoms in total. The number of methoxy groups -OCH3 is 4. The summed E-state index contributed by atoms with van der Waals surface area (Å²) in [5.41, 5.74) is 3.83. The Balaban J connectivity index is 1.98. The topological polar surface area (TPSA) is 76.2 Å². The van der Waals surface area contributed by atoms with Crippen molar-refractivity contribution in [1.82, 2.24) is 9.13 Å². The third-order valence-corrected chi connectivity index (χ3v) is 5.82. The minimum atomic E-state index is -0.136. The molecule has 1 aliphatic rings. The standard InChI is InChI=1S/C24H27N3O5/c1-14-13-27-20(19-11-22(32-6)21(31-5)10-18(14)19)12-23(26(2)24(27)28)25-15-7-16(29-3)9-17(8-15)30-4/h7-12,14H,13H2,1-6H3. The van der Waals surface area contributed by atoms with E-state index in [4.69, 9.17) is 23.9 Å². The third-order valence-electron chi connectivity index (χ3n) is 5.82. The predicted octanol–water partition coefficient (Wildman–Crippen LogP) is 3.24. The zero-order valence-electron chi connectivity index (χ0n) is 19.1. The van der Waals surface area contributed by atoms with Crippen LogP contribution in [0, 0.1) is 0 Å². The molecule has 0 amide bonds. The number of hydrogen-bond acceptors (Lipinski definition) is 6. The molecule has 3 aromatic rings. The molecule has 168 valence electrons. The van der Waals surface area contributed by atoms with Gasteiger partial charge < -0.3 is 18.9 Å². The first-order valence-corrected chi connectivity index (χ1v) is 10.2. The summed E-state index contributed by atoms with van der Waals surface area (Å²) in [5.74, 6) is 2.67. The van der Waals surface area contributed by atoms with Crippen LogP contribution in [0.1, 0.15) is 18.4 Å². The second-order valence-corrected chi connectivity index (χ2v) is 7.72. The number of hydrogen-bond donors (Lipinski definition) is 0. The summed E-state index contributed by atoms with van der Waals surface area (Å²) in [6, 6.07) is 11.2. The first-order chi connectivity index (χ1) is 15.4. The van der Waals surface area contributed by atoms with E-state index < -0.39 is 0 Å². The molecule has 0 N–H and O–H groups in total. The van der Waals surface area contributed by atoms with Gasteiger partial charge >= 0.3 is 5.69 Å². The minimum Gasteiger partial charge on any atom is -0.497 e. The van der Waals surface area contributed by atoms with Crippen LogP contribution >= 0.6 is 0 Å². The van der Waals surface area contributed by atoms with Crippen molar-refractivity contribution in [3.63, 3.8) is 0 Å². The Bertz CT molecular complexity index is 1280. The molecule has 1 unspecified atom stereocenters. The van der Waals surface area contributed by atoms with Gasteiger partial charge in [0.2, 0.25) is 0 Å². The summed E-state index contributed by atoms with van der Waals surface area (Å²) >= 11 is 0. The van der Waals surface area contributed by atoms with Gasteiger partial charge in [-0.15, -0.1) is 0 Å². The monoisotopic (exact) mass is 437 g/mol. The smallest absolute Gasteiger partial charge is 0.329 e. The van der Waals surface area contributed by atoms with Gasteiger partial charge in [-0.25, -0.2) is 9.79 Å². The molecule has 32 heavy (non-hydrogen) atoms. The summed E-state index contributed by atoms with van der Waals surface area (Å²) in [7, 11) is 8.12. The van der Waals surface area contributed by atoms with Gasteiger partial charge in [-0.1, -0.05) is 6.92 Å². The summed E-state index contributed by atoms with van der Waals surface area (Å²) in [6.45, 7) is 2.67. The maximum atomic E-state index is 13.3. The molecule has 0 fully saturated rings. The van der Waals surface area contributed by atoms with E-state index in [0.29, 0.717) is 40.7 Å². The van der Waals surface area contributed by atoms with Gasteiger partial charge in [0.05, 0.1) is 39.8 Å². The highest BCUT2D eigenvalue weighted by Crippen LogP contribution is 2.41. The van der Waals surface area contributed by atoms with Gasteiger partial charge in [0.25, 0.3) is 0 Å². The molecule has 2 heterocycles. The Kier molecular flexibility index (Phi) is 5.69. The van der Waals surface area contributed by atoms with Crippen LogP contribution in [-0.4, -0.2) is 37.6 Å². The van der Waals surface area contributed by atoms with Gasteiger partial charge in [0.1, 0.15) is 17.0 Å². The normalized spacial score (nSPS) is 15.1. The van der Waals surface area contributed by atoms with E-state index in [1.54, 1.807) is 62.8 Å². The highest BCUT2D eigenvalue weighted by Gasteiger charge is 2.26. The number of nitrogens with zero attached hydrogens (tertiary/aromatic N) is 3. The zero-order valence-corrected chi connectivity index (χ0v) is 19.1. The molecule has 8 heteroatoms. The van der Waals surface area contributed by atoms with Gasteiger partial charge in [-0.05, 0) is 17.7 Å². The van der Waals surface area contributed by atoms with Crippen LogP contribution in [0.25, 0.3) is 11.3 Å². The Morgan fingerprint density at radius 1 is 0.875 bits per heavy atom. The summed E-state index contributed by atoms with van der Waals surface area (Å²) in [5, 5.41) is 0. The number of benzene rings is 2. The SMILES string of the molecule is COc1cc(N=c2cc3n(c(=O)n2C)CC(C)c2cc(OC)c(OC)cc2-3)cc(OC)c1. The molecule has 2 aromatic carbocycles. The van der Waals surface area contributed by atoms with E-state index in [2.05, 4.69) is 6.92 Å². The third kappa shape index (κ3) is 3.62. The molecule has 1 aliphatic heterocycles. The highest BCUT2D eigenvalue weighted by atomic mass is 16.5. The van der Waals surface area contributed by atoms with Gasteiger partial charge in [0.15, 0.2) is 11.5 Å². The lowest BCUT2D eigenvalue weighted by molar-refractivity contribution is 0.354. The van der Waals surface area contributed by atoms with E-state index in [0.717, 1.165) is 16.8 Å². The number of aromatic nitrogens is 2. The molecule has 0 radical (unpaired) electrons. The fourth-order valence-corrected chi connectivity index (χ4v) is 4.07. The molecule has 0 aliphatic carbocycles. The van der Waals surface area contributed by atoms with Crippen molar-refractivity contribution in [1.29, 1.82) is 0 Å². The van der Waals surface area contributed by atoms with E-state index >= 15 is 0 Å². The highest BCUT2D eigenvalue weighted by molar-refractivity contribution is 5.71. The molecule has 0 saturated heterocycles. The maximum Gasteiger partial charge on any atom is 0.329 e. The second kappa shape index (κ2) is 8.45. The van der Waals surface area contributed by atoms with Crippen LogP contribution in [0.15, 0.2) is 46.2 Å². The Morgan fingerprint density at radius 2 is 1.50 bits per heavy atom. The van der Waals surface area contributed by atoms with Crippen LogP contribution in [0.2, 0.25) is 0 Å². The molecule has 1 aromatic heterocycles. The number of rotatable bonds is 5. The van der Waals surface area contributed by atoms with Gasteiger partial charge in [-0.2, -0.15) is 0 Å². The molecule has 4 rings (SSSR count). The summed E-state index contributed by atoms with van der Waals surface area (Å²) < 4.78 is 25.0. The van der Waals surface area contributed by atoms with Crippen molar-refractivity contribution in [2.75, 3.05) is 28.4 Å². The lowest BCUT2D eigenvalue weighted by atomic mass is 9.89. The first kappa shape index (κ1) is 21.5. The molecule has 0 bridgehead atoms. The van der Waals surface area contributed by atoms with Crippen LogP contribution in [-0.2, 0) is 13.6 Å². The fraction of sp³-hybridized carbons (Fsp3) is 0.333. The molecular formula is C24H27N3O5. The van der Waals surface area contributed by atoms with E-state index in [9.17, 15) is 4.79 Å². The predicted molar refractivity (Wildman–Crippen MR) is 121 cm³/mol. The fourth-order valence-electron chi connectivity index (χ4n) is 4.07. The van der Waals surface area contributed by atoms with Crippen molar-refractivity contribution in [3.05, 3.63) is 57.9 Å². The Hall–Kier alpha value is -3.68. The van der Waals surface area contributed by atoms with Crippen molar-refractivity contribution < 1.29 is 18.9 Å². The molecule has 1 atom stereocenters.